The first-order valence-electron chi connectivity index (χ1n) is 8.27. The Labute approximate surface area is 141 Å². The molecule has 2 saturated heterocycles. The molecule has 0 radical (unpaired) electrons. The first-order chi connectivity index (χ1) is 11.3. The van der Waals surface area contributed by atoms with Crippen LogP contribution >= 0.6 is 11.3 Å². The smallest absolute Gasteiger partial charge is 0.223 e. The summed E-state index contributed by atoms with van der Waals surface area (Å²) in [4.78, 5) is 19.3. The number of likely N-dealkylation sites (tertiary alicyclic amines) is 1. The lowest BCUT2D eigenvalue weighted by Gasteiger charge is -2.44. The number of piperidine rings is 1. The van der Waals surface area contributed by atoms with E-state index >= 15 is 0 Å². The molecule has 0 spiro atoms. The van der Waals surface area contributed by atoms with E-state index in [9.17, 15) is 4.79 Å². The number of amides is 1. The number of methoxy groups -OCH3 is 1. The summed E-state index contributed by atoms with van der Waals surface area (Å²) in [6, 6.07) is 0. The second-order valence-corrected chi connectivity index (χ2v) is 7.18. The zero-order chi connectivity index (χ0) is 16.1. The quantitative estimate of drug-likeness (QED) is 0.787. The molecule has 2 aliphatic rings. The van der Waals surface area contributed by atoms with Crippen LogP contribution in [0, 0.1) is 11.8 Å². The Kier molecular flexibility index (Phi) is 5.99. The zero-order valence-corrected chi connectivity index (χ0v) is 14.4. The normalized spacial score (nSPS) is 28.3. The lowest BCUT2D eigenvalue weighted by Crippen LogP contribution is -2.53. The number of nitrogens with zero attached hydrogens (tertiary/aromatic N) is 2. The summed E-state index contributed by atoms with van der Waals surface area (Å²) in [6.07, 6.45) is 3.88. The van der Waals surface area contributed by atoms with Gasteiger partial charge in [-0.3, -0.25) is 9.69 Å². The van der Waals surface area contributed by atoms with Crippen molar-refractivity contribution in [2.45, 2.75) is 25.5 Å². The molecule has 6 nitrogen and oxygen atoms in total. The summed E-state index contributed by atoms with van der Waals surface area (Å²) < 4.78 is 10.9. The van der Waals surface area contributed by atoms with Gasteiger partial charge in [0.15, 0.2) is 0 Å². The maximum Gasteiger partial charge on any atom is 0.223 e. The largest absolute Gasteiger partial charge is 0.383 e. The molecule has 1 amide bonds. The third-order valence-corrected chi connectivity index (χ3v) is 5.50. The minimum Gasteiger partial charge on any atom is -0.383 e. The van der Waals surface area contributed by atoms with Gasteiger partial charge in [-0.05, 0) is 12.8 Å². The standard InChI is InChI=1S/C16H25N3O3S/c1-21-8-4-18-16(20)12-3-7-22-14-2-6-19(10-13(12)14)11-15-17-5-9-23-15/h5,9,12-14H,2-4,6-8,10-11H2,1H3,(H,18,20)/t12-,13+,14-/m1/s1. The number of rotatable bonds is 6. The van der Waals surface area contributed by atoms with Gasteiger partial charge in [-0.1, -0.05) is 0 Å². The first kappa shape index (κ1) is 16.8. The lowest BCUT2D eigenvalue weighted by molar-refractivity contribution is -0.142. The molecule has 2 fully saturated rings. The van der Waals surface area contributed by atoms with E-state index in [0.29, 0.717) is 19.8 Å². The Morgan fingerprint density at radius 2 is 2.48 bits per heavy atom. The molecular weight excluding hydrogens is 314 g/mol. The maximum absolute atomic E-state index is 12.5. The Bertz CT molecular complexity index is 497. The van der Waals surface area contributed by atoms with E-state index in [0.717, 1.165) is 37.5 Å². The molecule has 1 N–H and O–H groups in total. The summed E-state index contributed by atoms with van der Waals surface area (Å²) in [5.41, 5.74) is 0. The average molecular weight is 339 g/mol. The van der Waals surface area contributed by atoms with E-state index < -0.39 is 0 Å². The molecule has 0 unspecified atom stereocenters. The fourth-order valence-electron chi connectivity index (χ4n) is 3.58. The van der Waals surface area contributed by atoms with Gasteiger partial charge < -0.3 is 14.8 Å². The van der Waals surface area contributed by atoms with Crippen LogP contribution in [0.3, 0.4) is 0 Å². The second-order valence-electron chi connectivity index (χ2n) is 6.20. The topological polar surface area (TPSA) is 63.7 Å². The molecule has 0 aromatic carbocycles. The maximum atomic E-state index is 12.5. The van der Waals surface area contributed by atoms with Crippen LogP contribution in [0.5, 0.6) is 0 Å². The van der Waals surface area contributed by atoms with Crippen molar-refractivity contribution in [3.63, 3.8) is 0 Å². The summed E-state index contributed by atoms with van der Waals surface area (Å²) in [6.45, 7) is 4.62. The SMILES string of the molecule is COCCNC(=O)[C@@H]1CCO[C@@H]2CCN(Cc3nccs3)C[C@H]21. The summed E-state index contributed by atoms with van der Waals surface area (Å²) >= 11 is 1.69. The number of hydrogen-bond donors (Lipinski definition) is 1. The van der Waals surface area contributed by atoms with E-state index in [1.165, 1.54) is 0 Å². The predicted molar refractivity (Wildman–Crippen MR) is 88.2 cm³/mol. The van der Waals surface area contributed by atoms with E-state index in [2.05, 4.69) is 15.2 Å². The number of carbonyl (C=O) groups is 1. The van der Waals surface area contributed by atoms with Gasteiger partial charge in [0.05, 0.1) is 19.3 Å². The summed E-state index contributed by atoms with van der Waals surface area (Å²) in [7, 11) is 1.65. The van der Waals surface area contributed by atoms with Crippen molar-refractivity contribution in [1.82, 2.24) is 15.2 Å². The Hall–Kier alpha value is -1.02. The number of carbonyl (C=O) groups excluding carboxylic acids is 1. The third-order valence-electron chi connectivity index (χ3n) is 4.74. The molecule has 23 heavy (non-hydrogen) atoms. The summed E-state index contributed by atoms with van der Waals surface area (Å²) in [5, 5.41) is 6.15. The molecule has 1 aromatic rings. The number of fused-ring (bicyclic) bond motifs is 1. The van der Waals surface area contributed by atoms with Crippen molar-refractivity contribution in [3.05, 3.63) is 16.6 Å². The minimum absolute atomic E-state index is 0.0460. The van der Waals surface area contributed by atoms with E-state index in [-0.39, 0.29) is 23.8 Å². The van der Waals surface area contributed by atoms with Crippen molar-refractivity contribution >= 4 is 17.2 Å². The first-order valence-corrected chi connectivity index (χ1v) is 9.15. The van der Waals surface area contributed by atoms with Gasteiger partial charge in [-0.25, -0.2) is 4.98 Å². The fraction of sp³-hybridized carbons (Fsp3) is 0.750. The highest BCUT2D eigenvalue weighted by atomic mass is 32.1. The Balaban J connectivity index is 1.59. The highest BCUT2D eigenvalue weighted by Gasteiger charge is 2.41. The van der Waals surface area contributed by atoms with Gasteiger partial charge in [-0.15, -0.1) is 11.3 Å². The van der Waals surface area contributed by atoms with Crippen LogP contribution in [-0.2, 0) is 20.8 Å². The highest BCUT2D eigenvalue weighted by molar-refractivity contribution is 7.09. The van der Waals surface area contributed by atoms with Crippen molar-refractivity contribution < 1.29 is 14.3 Å². The van der Waals surface area contributed by atoms with E-state index in [1.807, 2.05) is 11.6 Å². The number of hydrogen-bond acceptors (Lipinski definition) is 6. The van der Waals surface area contributed by atoms with Crippen LogP contribution in [0.15, 0.2) is 11.6 Å². The molecule has 3 heterocycles. The van der Waals surface area contributed by atoms with Crippen molar-refractivity contribution in [1.29, 1.82) is 0 Å². The molecule has 3 atom stereocenters. The molecule has 2 aliphatic heterocycles. The molecule has 0 aliphatic carbocycles. The number of nitrogens with one attached hydrogen (secondary N) is 1. The van der Waals surface area contributed by atoms with Crippen LogP contribution in [-0.4, -0.2) is 61.9 Å². The van der Waals surface area contributed by atoms with Gasteiger partial charge >= 0.3 is 0 Å². The monoisotopic (exact) mass is 339 g/mol. The molecule has 0 bridgehead atoms. The number of aromatic nitrogens is 1. The second kappa shape index (κ2) is 8.19. The fourth-order valence-corrected chi connectivity index (χ4v) is 4.24. The highest BCUT2D eigenvalue weighted by Crippen LogP contribution is 2.33. The van der Waals surface area contributed by atoms with Crippen molar-refractivity contribution in [2.24, 2.45) is 11.8 Å². The minimum atomic E-state index is 0.0460. The number of thiazole rings is 1. The zero-order valence-electron chi connectivity index (χ0n) is 13.6. The van der Waals surface area contributed by atoms with Crippen LogP contribution in [0.1, 0.15) is 17.8 Å². The van der Waals surface area contributed by atoms with Crippen LogP contribution in [0.4, 0.5) is 0 Å². The van der Waals surface area contributed by atoms with Gasteiger partial charge in [0.1, 0.15) is 5.01 Å². The van der Waals surface area contributed by atoms with Crippen LogP contribution in [0.25, 0.3) is 0 Å². The van der Waals surface area contributed by atoms with Crippen LogP contribution in [0.2, 0.25) is 0 Å². The van der Waals surface area contributed by atoms with Gasteiger partial charge in [0, 0.05) is 56.8 Å². The lowest BCUT2D eigenvalue weighted by atomic mass is 9.79. The Morgan fingerprint density at radius 3 is 3.26 bits per heavy atom. The molecule has 0 saturated carbocycles. The number of ether oxygens (including phenoxy) is 2. The van der Waals surface area contributed by atoms with Crippen molar-refractivity contribution in [3.8, 4) is 0 Å². The Morgan fingerprint density at radius 1 is 1.57 bits per heavy atom. The van der Waals surface area contributed by atoms with Gasteiger partial charge in [0.2, 0.25) is 5.91 Å². The molecule has 7 heteroatoms. The molecule has 3 rings (SSSR count). The van der Waals surface area contributed by atoms with E-state index in [4.69, 9.17) is 9.47 Å². The average Bonchev–Trinajstić information content (AvgIpc) is 3.07. The van der Waals surface area contributed by atoms with Crippen molar-refractivity contribution in [2.75, 3.05) is 40.0 Å². The summed E-state index contributed by atoms with van der Waals surface area (Å²) in [5.74, 6) is 0.473. The van der Waals surface area contributed by atoms with Crippen LogP contribution < -0.4 is 5.32 Å². The molecule has 128 valence electrons. The predicted octanol–water partition coefficient (Wildman–Crippen LogP) is 1.13. The third kappa shape index (κ3) is 4.29. The van der Waals surface area contributed by atoms with Gasteiger partial charge in [-0.2, -0.15) is 0 Å². The van der Waals surface area contributed by atoms with Gasteiger partial charge in [0.25, 0.3) is 0 Å². The molecule has 1 aromatic heterocycles. The molecular formula is C16H25N3O3S. The van der Waals surface area contributed by atoms with E-state index in [1.54, 1.807) is 18.4 Å².